The van der Waals surface area contributed by atoms with Gasteiger partial charge in [-0.2, -0.15) is 0 Å². The van der Waals surface area contributed by atoms with Gasteiger partial charge in [0.05, 0.1) is 0 Å². The van der Waals surface area contributed by atoms with E-state index >= 15 is 0 Å². The second-order valence-electron chi connectivity index (χ2n) is 1.44. The monoisotopic (exact) mass is 213 g/mol. The average Bonchev–Trinajstić information content (AvgIpc) is 1.65. The highest BCUT2D eigenvalue weighted by molar-refractivity contribution is 14.1. The molecular formula is C4H8INO. The molecule has 7 heavy (non-hydrogen) atoms. The van der Waals surface area contributed by atoms with E-state index in [9.17, 15) is 4.79 Å². The molecule has 0 fully saturated rings. The number of carbonyl (C=O) groups is 1. The lowest BCUT2D eigenvalue weighted by Gasteiger charge is -1.96. The molecule has 0 aromatic heterocycles. The summed E-state index contributed by atoms with van der Waals surface area (Å²) in [6.07, 6.45) is 0. The molecule has 0 rings (SSSR count). The fourth-order valence-corrected chi connectivity index (χ4v) is 0.347. The molecule has 0 aliphatic heterocycles. The zero-order valence-electron chi connectivity index (χ0n) is 4.15. The number of carbonyl (C=O) groups excluding carboxylic acids is 1. The first-order valence-electron chi connectivity index (χ1n) is 2.08. The van der Waals surface area contributed by atoms with Crippen LogP contribution in [0.25, 0.3) is 0 Å². The summed E-state index contributed by atoms with van der Waals surface area (Å²) in [5, 5.41) is 0. The van der Waals surface area contributed by atoms with E-state index in [1.54, 1.807) is 22.6 Å². The summed E-state index contributed by atoms with van der Waals surface area (Å²) < 4.78 is 0.139. The molecule has 0 unspecified atom stereocenters. The molecule has 0 spiro atoms. The Morgan fingerprint density at radius 2 is 2.43 bits per heavy atom. The van der Waals surface area contributed by atoms with Crippen molar-refractivity contribution in [2.45, 2.75) is 6.92 Å². The molecule has 0 heterocycles. The van der Waals surface area contributed by atoms with E-state index in [2.05, 4.69) is 0 Å². The van der Waals surface area contributed by atoms with Gasteiger partial charge in [-0.25, -0.2) is 0 Å². The van der Waals surface area contributed by atoms with Gasteiger partial charge in [-0.05, 0) is 22.6 Å². The Kier molecular flexibility index (Phi) is 3.55. The first-order chi connectivity index (χ1) is 3.18. The van der Waals surface area contributed by atoms with Crippen LogP contribution in [0.4, 0.5) is 0 Å². The van der Waals surface area contributed by atoms with Gasteiger partial charge in [0.1, 0.15) is 0 Å². The third-order valence-electron chi connectivity index (χ3n) is 0.741. The fraction of sp³-hybridized carbons (Fsp3) is 0.750. The van der Waals surface area contributed by atoms with Crippen LogP contribution in [0.2, 0.25) is 0 Å². The maximum absolute atomic E-state index is 10.3. The predicted molar refractivity (Wildman–Crippen MR) is 37.2 cm³/mol. The quantitative estimate of drug-likeness (QED) is 0.537. The molecule has 0 aromatic rings. The van der Waals surface area contributed by atoms with Gasteiger partial charge in [-0.1, -0.05) is 6.92 Å². The van der Waals surface area contributed by atoms with E-state index in [0.29, 0.717) is 6.54 Å². The van der Waals surface area contributed by atoms with E-state index in [-0.39, 0.29) is 9.71 Å². The van der Waals surface area contributed by atoms with Crippen LogP contribution in [-0.2, 0) is 4.79 Å². The Balaban J connectivity index is 3.34. The minimum absolute atomic E-state index is 0.0283. The summed E-state index contributed by atoms with van der Waals surface area (Å²) in [5.74, 6) is 0.0283. The van der Waals surface area contributed by atoms with Crippen molar-refractivity contribution in [2.75, 3.05) is 6.54 Å². The molecular weight excluding hydrogens is 205 g/mol. The fourth-order valence-electron chi connectivity index (χ4n) is 0.0927. The standard InChI is InChI=1S/C4H8INO/c1-3(2-6)4(5)7/h3H,2,6H2,1H3/t3-/m0/s1. The largest absolute Gasteiger partial charge is 0.330 e. The minimum atomic E-state index is 0.0283. The Labute approximate surface area is 56.6 Å². The Hall–Kier alpha value is 0.360. The van der Waals surface area contributed by atoms with Crippen LogP contribution in [-0.4, -0.2) is 10.3 Å². The second kappa shape index (κ2) is 3.37. The van der Waals surface area contributed by atoms with Gasteiger partial charge in [0.25, 0.3) is 0 Å². The lowest BCUT2D eigenvalue weighted by molar-refractivity contribution is -0.112. The van der Waals surface area contributed by atoms with E-state index < -0.39 is 0 Å². The third kappa shape index (κ3) is 2.99. The van der Waals surface area contributed by atoms with Gasteiger partial charge in [0.2, 0.25) is 0 Å². The summed E-state index contributed by atoms with van der Waals surface area (Å²) in [4.78, 5) is 10.3. The van der Waals surface area contributed by atoms with Crippen LogP contribution < -0.4 is 5.73 Å². The number of hydrogen-bond acceptors (Lipinski definition) is 2. The van der Waals surface area contributed by atoms with Crippen LogP contribution in [0.3, 0.4) is 0 Å². The zero-order valence-corrected chi connectivity index (χ0v) is 6.31. The molecule has 0 saturated carbocycles. The molecule has 3 heteroatoms. The van der Waals surface area contributed by atoms with Crippen molar-refractivity contribution in [1.82, 2.24) is 0 Å². The lowest BCUT2D eigenvalue weighted by Crippen LogP contribution is -2.15. The van der Waals surface area contributed by atoms with Crippen LogP contribution in [0.15, 0.2) is 0 Å². The SMILES string of the molecule is C[C@@H](CN)C(=O)I. The van der Waals surface area contributed by atoms with E-state index in [4.69, 9.17) is 5.73 Å². The molecule has 0 saturated heterocycles. The van der Waals surface area contributed by atoms with Gasteiger partial charge in [0.15, 0.2) is 3.79 Å². The number of hydrogen-bond donors (Lipinski definition) is 1. The maximum Gasteiger partial charge on any atom is 0.196 e. The molecule has 2 N–H and O–H groups in total. The highest BCUT2D eigenvalue weighted by atomic mass is 127. The van der Waals surface area contributed by atoms with Gasteiger partial charge in [-0.15, -0.1) is 0 Å². The van der Waals surface area contributed by atoms with E-state index in [1.165, 1.54) is 0 Å². The normalized spacial score (nSPS) is 13.6. The number of nitrogens with two attached hydrogens (primary N) is 1. The highest BCUT2D eigenvalue weighted by Gasteiger charge is 2.03. The molecule has 2 nitrogen and oxygen atoms in total. The summed E-state index contributed by atoms with van der Waals surface area (Å²) in [5.41, 5.74) is 5.15. The first-order valence-corrected chi connectivity index (χ1v) is 3.15. The van der Waals surface area contributed by atoms with Crippen molar-refractivity contribution < 1.29 is 4.79 Å². The van der Waals surface area contributed by atoms with Gasteiger partial charge in [0, 0.05) is 12.5 Å². The van der Waals surface area contributed by atoms with Crippen molar-refractivity contribution in [3.8, 4) is 0 Å². The smallest absolute Gasteiger partial charge is 0.196 e. The summed E-state index contributed by atoms with van der Waals surface area (Å²) in [6, 6.07) is 0. The van der Waals surface area contributed by atoms with Crippen molar-refractivity contribution >= 4 is 26.4 Å². The molecule has 0 amide bonds. The lowest BCUT2D eigenvalue weighted by atomic mass is 10.2. The predicted octanol–water partition coefficient (Wildman–Crippen LogP) is 0.543. The van der Waals surface area contributed by atoms with Crippen molar-refractivity contribution in [1.29, 1.82) is 0 Å². The number of halogens is 1. The molecule has 0 aliphatic carbocycles. The summed E-state index contributed by atoms with van der Waals surface area (Å²) in [7, 11) is 0. The van der Waals surface area contributed by atoms with Crippen molar-refractivity contribution in [2.24, 2.45) is 11.7 Å². The van der Waals surface area contributed by atoms with Crippen molar-refractivity contribution in [3.05, 3.63) is 0 Å². The maximum atomic E-state index is 10.3. The summed E-state index contributed by atoms with van der Waals surface area (Å²) in [6.45, 7) is 2.27. The average molecular weight is 213 g/mol. The molecule has 42 valence electrons. The summed E-state index contributed by atoms with van der Waals surface area (Å²) >= 11 is 1.75. The number of rotatable bonds is 2. The van der Waals surface area contributed by atoms with Gasteiger partial charge >= 0.3 is 0 Å². The topological polar surface area (TPSA) is 43.1 Å². The van der Waals surface area contributed by atoms with Gasteiger partial charge < -0.3 is 5.73 Å². The van der Waals surface area contributed by atoms with E-state index in [1.807, 2.05) is 6.92 Å². The Morgan fingerprint density at radius 1 is 2.00 bits per heavy atom. The minimum Gasteiger partial charge on any atom is -0.330 e. The third-order valence-corrected chi connectivity index (χ3v) is 1.80. The Morgan fingerprint density at radius 3 is 2.43 bits per heavy atom. The molecule has 0 bridgehead atoms. The molecule has 1 atom stereocenters. The highest BCUT2D eigenvalue weighted by Crippen LogP contribution is 1.98. The molecule has 0 radical (unpaired) electrons. The molecule has 0 aromatic carbocycles. The van der Waals surface area contributed by atoms with Crippen LogP contribution in [0.1, 0.15) is 6.92 Å². The second-order valence-corrected chi connectivity index (χ2v) is 2.50. The van der Waals surface area contributed by atoms with Crippen LogP contribution in [0.5, 0.6) is 0 Å². The Bertz CT molecular complexity index is 74.1. The molecule has 0 aliphatic rings. The van der Waals surface area contributed by atoms with Crippen LogP contribution in [0, 0.1) is 5.92 Å². The van der Waals surface area contributed by atoms with Crippen LogP contribution >= 0.6 is 22.6 Å². The first kappa shape index (κ1) is 7.36. The van der Waals surface area contributed by atoms with E-state index in [0.717, 1.165) is 0 Å². The van der Waals surface area contributed by atoms with Crippen molar-refractivity contribution in [3.63, 3.8) is 0 Å². The zero-order chi connectivity index (χ0) is 5.86. The van der Waals surface area contributed by atoms with Gasteiger partial charge in [-0.3, -0.25) is 4.79 Å².